The van der Waals surface area contributed by atoms with Gasteiger partial charge >= 0.3 is 18.9 Å². The van der Waals surface area contributed by atoms with E-state index in [1.54, 1.807) is 24.3 Å². The Morgan fingerprint density at radius 2 is 0.905 bits per heavy atom. The molecular weight excluding hydrogens is 1210 g/mol. The van der Waals surface area contributed by atoms with E-state index in [0.717, 1.165) is 106 Å². The van der Waals surface area contributed by atoms with Crippen LogP contribution in [0.1, 0.15) is 291 Å². The number of benzene rings is 2. The van der Waals surface area contributed by atoms with Crippen molar-refractivity contribution in [3.05, 3.63) is 67.6 Å². The predicted octanol–water partition coefficient (Wildman–Crippen LogP) is 17.8. The summed E-state index contributed by atoms with van der Waals surface area (Å²) in [7, 11) is -6.86. The molecule has 1 aliphatic heterocycles. The Balaban J connectivity index is 0.000000219. The SMILES string of the molecule is C.C.CC(C)C1CCC(O)(CC([C@@H](C)[C@H]2CC[C@H]3[C@@H]4CC[C@H]5C[C@@](C)(O)CC[C@]5(C)[C@H]4CC[C@]23C)S(=O)(=O)c2ccccc2)CC1.CC(C)C1CCC2(CC1)CO2.C[C@H](CS(=O)(=O)c1ccccc1)[C@H]1CC[C@H]2[C@@H]3CC[C@H]4C[C@@](C)(O)CC[C@]4(C)[C@H]3CC[C@]12C.[CH2-]CCC.[Li+]. The number of rotatable bonds is 13. The van der Waals surface area contributed by atoms with Crippen molar-refractivity contribution in [1.29, 1.82) is 0 Å². The van der Waals surface area contributed by atoms with E-state index >= 15 is 0 Å². The maximum atomic E-state index is 14.5. The molecule has 11 heteroatoms. The van der Waals surface area contributed by atoms with Crippen LogP contribution in [-0.4, -0.2) is 72.2 Å². The summed E-state index contributed by atoms with van der Waals surface area (Å²) in [6.45, 7) is 34.7. The molecule has 0 bridgehead atoms. The second kappa shape index (κ2) is 31.4. The summed E-state index contributed by atoms with van der Waals surface area (Å²) in [5, 5.41) is 33.1. The Bertz CT molecular complexity index is 2940. The molecule has 8 nitrogen and oxygen atoms in total. The largest absolute Gasteiger partial charge is 1.00 e. The molecule has 95 heavy (non-hydrogen) atoms. The third-order valence-electron chi connectivity index (χ3n) is 30.3. The molecule has 10 saturated carbocycles. The molecule has 3 N–H and O–H groups in total. The van der Waals surface area contributed by atoms with Crippen molar-refractivity contribution >= 4 is 19.7 Å². The molecule has 1 spiro atoms. The van der Waals surface area contributed by atoms with Gasteiger partial charge in [-0.1, -0.05) is 134 Å². The van der Waals surface area contributed by atoms with Crippen molar-refractivity contribution < 1.29 is 55.8 Å². The van der Waals surface area contributed by atoms with Crippen LogP contribution in [0.2, 0.25) is 0 Å². The van der Waals surface area contributed by atoms with Crippen LogP contribution in [0.4, 0.5) is 0 Å². The molecule has 10 aliphatic carbocycles. The summed E-state index contributed by atoms with van der Waals surface area (Å²) in [5.41, 5.74) is -0.365. The quantitative estimate of drug-likeness (QED) is 0.102. The van der Waals surface area contributed by atoms with Gasteiger partial charge in [0.25, 0.3) is 0 Å². The minimum Gasteiger partial charge on any atom is -0.390 e. The van der Waals surface area contributed by atoms with E-state index in [4.69, 9.17) is 4.74 Å². The van der Waals surface area contributed by atoms with E-state index in [1.807, 2.05) is 50.2 Å². The fraction of sp³-hybridized carbons (Fsp3) is 0.845. The Morgan fingerprint density at radius 1 is 0.505 bits per heavy atom. The van der Waals surface area contributed by atoms with Gasteiger partial charge in [0, 0.05) is 0 Å². The van der Waals surface area contributed by atoms with Crippen molar-refractivity contribution in [2.45, 2.75) is 329 Å². The molecular formula is C84H141LiO8S2. The Kier molecular flexibility index (Phi) is 26.8. The van der Waals surface area contributed by atoms with Gasteiger partial charge in [0.2, 0.25) is 0 Å². The summed E-state index contributed by atoms with van der Waals surface area (Å²) >= 11 is 0. The predicted molar refractivity (Wildman–Crippen MR) is 391 cm³/mol. The molecule has 1 saturated heterocycles. The van der Waals surface area contributed by atoms with Gasteiger partial charge in [-0.2, -0.15) is 6.42 Å². The third kappa shape index (κ3) is 16.9. The van der Waals surface area contributed by atoms with E-state index in [2.05, 4.69) is 83.1 Å². The monoisotopic (exact) mass is 1350 g/mol. The first-order chi connectivity index (χ1) is 43.2. The molecule has 538 valence electrons. The van der Waals surface area contributed by atoms with Crippen LogP contribution >= 0.6 is 0 Å². The average molecular weight is 1350 g/mol. The van der Waals surface area contributed by atoms with Gasteiger partial charge in [-0.25, -0.2) is 16.8 Å². The van der Waals surface area contributed by atoms with E-state index in [-0.39, 0.29) is 62.1 Å². The van der Waals surface area contributed by atoms with Crippen LogP contribution < -0.4 is 18.9 Å². The first-order valence-corrected chi connectivity index (χ1v) is 41.6. The smallest absolute Gasteiger partial charge is 0.390 e. The van der Waals surface area contributed by atoms with Gasteiger partial charge in [-0.15, -0.1) is 0 Å². The van der Waals surface area contributed by atoms with Gasteiger partial charge in [0.05, 0.1) is 49.8 Å². The molecule has 2 aromatic rings. The molecule has 0 radical (unpaired) electrons. The van der Waals surface area contributed by atoms with E-state index in [9.17, 15) is 32.2 Å². The van der Waals surface area contributed by atoms with Crippen LogP contribution in [0, 0.1) is 123 Å². The Labute approximate surface area is 596 Å². The zero-order valence-corrected chi connectivity index (χ0v) is 63.0. The summed E-state index contributed by atoms with van der Waals surface area (Å²) in [4.78, 5) is 0.888. The number of unbranched alkanes of at least 4 members (excludes halogenated alkanes) is 1. The second-order valence-electron chi connectivity index (χ2n) is 36.4. The summed E-state index contributed by atoms with van der Waals surface area (Å²) in [6.07, 6.45) is 32.4. The van der Waals surface area contributed by atoms with E-state index in [0.29, 0.717) is 86.9 Å². The van der Waals surface area contributed by atoms with Gasteiger partial charge in [-0.3, -0.25) is 0 Å². The van der Waals surface area contributed by atoms with Crippen molar-refractivity contribution in [1.82, 2.24) is 0 Å². The van der Waals surface area contributed by atoms with Gasteiger partial charge in [-0.05, 0) is 328 Å². The van der Waals surface area contributed by atoms with Crippen LogP contribution in [0.5, 0.6) is 0 Å². The van der Waals surface area contributed by atoms with Gasteiger partial charge < -0.3 is 27.0 Å². The van der Waals surface area contributed by atoms with E-state index in [1.165, 1.54) is 109 Å². The van der Waals surface area contributed by atoms with Crippen LogP contribution in [0.25, 0.3) is 0 Å². The summed E-state index contributed by atoms with van der Waals surface area (Å²) < 4.78 is 60.8. The van der Waals surface area contributed by atoms with Crippen LogP contribution in [0.3, 0.4) is 0 Å². The molecule has 1 unspecified atom stereocenters. The van der Waals surface area contributed by atoms with Crippen LogP contribution in [0.15, 0.2) is 70.5 Å². The molecule has 13 rings (SSSR count). The van der Waals surface area contributed by atoms with Crippen molar-refractivity contribution in [3.8, 4) is 0 Å². The first kappa shape index (κ1) is 81.1. The minimum absolute atomic E-state index is 0. The molecule has 1 heterocycles. The van der Waals surface area contributed by atoms with Crippen molar-refractivity contribution in [3.63, 3.8) is 0 Å². The number of sulfone groups is 2. The molecule has 0 amide bonds. The molecule has 19 atom stereocenters. The second-order valence-corrected chi connectivity index (χ2v) is 40.6. The number of hydrogen-bond donors (Lipinski definition) is 3. The fourth-order valence-electron chi connectivity index (χ4n) is 24.2. The topological polar surface area (TPSA) is 141 Å². The third-order valence-corrected chi connectivity index (χ3v) is 34.6. The Morgan fingerprint density at radius 3 is 1.33 bits per heavy atom. The normalized spacial score (nSPS) is 42.5. The fourth-order valence-corrected chi connectivity index (χ4v) is 28.1. The minimum atomic E-state index is -3.61. The maximum absolute atomic E-state index is 14.5. The van der Waals surface area contributed by atoms with Crippen LogP contribution in [-0.2, 0) is 24.4 Å². The van der Waals surface area contributed by atoms with Gasteiger partial charge in [0.1, 0.15) is 0 Å². The molecule has 0 aromatic heterocycles. The number of aliphatic hydroxyl groups is 3. The number of epoxide rings is 1. The Hall–Kier alpha value is -1.22. The summed E-state index contributed by atoms with van der Waals surface area (Å²) in [5.74, 6) is 10.1. The van der Waals surface area contributed by atoms with Crippen molar-refractivity contribution in [2.24, 2.45) is 116 Å². The average Bonchev–Trinajstić information content (AvgIpc) is 1.70. The zero-order valence-electron chi connectivity index (χ0n) is 61.4. The number of hydrogen-bond acceptors (Lipinski definition) is 8. The standard InChI is InChI=1S/C39H62O4S.C29H44O3S.C10H18O.C4H9.2CH4.Li/c1-26(2)28-16-20-39(41,21-17-28)25-35(44(42,43)30-10-8-7-9-11-30)27(3)32-14-15-33-31-13-12-29-24-36(4,40)22-23-37(29,5)34(31)18-19-38(32,33)6;1-20(19-33(31,32)22-8-6-5-7-9-22)24-12-13-25-23-11-10-21-18-27(2,30)16-17-28(21,3)26(23)14-15-29(24,25)4;1-8(2)9-3-5-10(6-4-9)7-11-10;1-3-4-2;;;/h7-11,26-29,31-35,40-41H,12-25H2,1-6H3;5-9,20-21,23-26,30H,10-19H2,1-4H3;8-9H,3-7H2,1-2H3;1,3-4H2,2H3;2*1H4;/q;;;-1;;;+1/t27-,28?,29-,31-,32+,33-,34-,35?,36-,37-,38+,39?;20-,21+,23+,24-,25+,26+,27+,28+,29-;;;;;/m01...../s1. The van der Waals surface area contributed by atoms with Gasteiger partial charge in [0.15, 0.2) is 19.7 Å². The molecule has 11 fully saturated rings. The molecule has 2 aromatic carbocycles. The molecule has 11 aliphatic rings. The first-order valence-electron chi connectivity index (χ1n) is 38.4. The number of fused-ring (bicyclic) bond motifs is 10. The maximum Gasteiger partial charge on any atom is 1.00 e. The summed E-state index contributed by atoms with van der Waals surface area (Å²) in [6, 6.07) is 18.1. The number of ether oxygens (including phenoxy) is 1. The van der Waals surface area contributed by atoms with Crippen molar-refractivity contribution in [2.75, 3.05) is 12.4 Å². The zero-order chi connectivity index (χ0) is 66.7. The van der Waals surface area contributed by atoms with E-state index < -0.39 is 41.7 Å².